The van der Waals surface area contributed by atoms with E-state index in [2.05, 4.69) is 0 Å². The standard InChI is InChI=1S/C23H27NO7/c1-5-29-18-13-15(8-9-16(18)31-14(2)3)20-19(21(25)17-7-6-11-30-17)22(26)23(27)24(20)10-12-28-4/h6-9,11,13-14,20,26H,5,10,12H2,1-4H3. The van der Waals surface area contributed by atoms with Crippen LogP contribution in [0.15, 0.2) is 52.3 Å². The van der Waals surface area contributed by atoms with Gasteiger partial charge in [0, 0.05) is 13.7 Å². The van der Waals surface area contributed by atoms with E-state index in [-0.39, 0.29) is 30.6 Å². The molecule has 1 amide bonds. The van der Waals surface area contributed by atoms with E-state index in [0.29, 0.717) is 23.7 Å². The van der Waals surface area contributed by atoms with E-state index in [9.17, 15) is 14.7 Å². The molecule has 3 rings (SSSR count). The van der Waals surface area contributed by atoms with Crippen LogP contribution in [-0.2, 0) is 9.53 Å². The second-order valence-electron chi connectivity index (χ2n) is 7.27. The lowest BCUT2D eigenvalue weighted by atomic mass is 9.94. The number of aliphatic hydroxyl groups excluding tert-OH is 1. The molecule has 2 aromatic rings. The van der Waals surface area contributed by atoms with Crippen LogP contribution in [0.3, 0.4) is 0 Å². The van der Waals surface area contributed by atoms with Gasteiger partial charge in [0.25, 0.3) is 5.91 Å². The molecule has 1 aliphatic rings. The van der Waals surface area contributed by atoms with Gasteiger partial charge in [0.15, 0.2) is 23.0 Å². The Morgan fingerprint density at radius 1 is 1.26 bits per heavy atom. The van der Waals surface area contributed by atoms with Gasteiger partial charge in [0.2, 0.25) is 5.78 Å². The Balaban J connectivity index is 2.09. The highest BCUT2D eigenvalue weighted by Gasteiger charge is 2.44. The van der Waals surface area contributed by atoms with E-state index in [1.807, 2.05) is 20.8 Å². The van der Waals surface area contributed by atoms with Crippen molar-refractivity contribution in [3.05, 3.63) is 59.3 Å². The third-order valence-electron chi connectivity index (χ3n) is 4.78. The first-order chi connectivity index (χ1) is 14.9. The van der Waals surface area contributed by atoms with Crippen LogP contribution < -0.4 is 9.47 Å². The monoisotopic (exact) mass is 429 g/mol. The van der Waals surface area contributed by atoms with Crippen LogP contribution in [-0.4, -0.2) is 54.7 Å². The zero-order chi connectivity index (χ0) is 22.5. The minimum Gasteiger partial charge on any atom is -0.503 e. The third-order valence-corrected chi connectivity index (χ3v) is 4.78. The lowest BCUT2D eigenvalue weighted by Gasteiger charge is -2.27. The first kappa shape index (κ1) is 22.4. The number of carbonyl (C=O) groups is 2. The molecule has 0 aliphatic carbocycles. The van der Waals surface area contributed by atoms with E-state index >= 15 is 0 Å². The van der Waals surface area contributed by atoms with Crippen LogP contribution in [0.5, 0.6) is 11.5 Å². The van der Waals surface area contributed by atoms with Gasteiger partial charge in [-0.2, -0.15) is 0 Å². The van der Waals surface area contributed by atoms with Gasteiger partial charge in [-0.1, -0.05) is 6.07 Å². The maximum Gasteiger partial charge on any atom is 0.290 e. The molecule has 1 aliphatic heterocycles. The van der Waals surface area contributed by atoms with Crippen LogP contribution in [0.25, 0.3) is 0 Å². The molecule has 1 aromatic heterocycles. The number of ether oxygens (including phenoxy) is 3. The number of benzene rings is 1. The first-order valence-electron chi connectivity index (χ1n) is 10.1. The number of furan rings is 1. The summed E-state index contributed by atoms with van der Waals surface area (Å²) in [6.45, 7) is 6.51. The Morgan fingerprint density at radius 2 is 2.03 bits per heavy atom. The summed E-state index contributed by atoms with van der Waals surface area (Å²) in [6, 6.07) is 7.47. The second-order valence-corrected chi connectivity index (χ2v) is 7.27. The van der Waals surface area contributed by atoms with E-state index in [0.717, 1.165) is 0 Å². The highest BCUT2D eigenvalue weighted by atomic mass is 16.5. The topological polar surface area (TPSA) is 98.4 Å². The number of methoxy groups -OCH3 is 1. The molecular formula is C23H27NO7. The van der Waals surface area contributed by atoms with Crippen molar-refractivity contribution in [1.82, 2.24) is 4.90 Å². The fourth-order valence-electron chi connectivity index (χ4n) is 3.51. The van der Waals surface area contributed by atoms with Gasteiger partial charge < -0.3 is 28.6 Å². The fourth-order valence-corrected chi connectivity index (χ4v) is 3.51. The summed E-state index contributed by atoms with van der Waals surface area (Å²) < 4.78 is 21.9. The van der Waals surface area contributed by atoms with Gasteiger partial charge in [-0.05, 0) is 50.6 Å². The summed E-state index contributed by atoms with van der Waals surface area (Å²) >= 11 is 0. The van der Waals surface area contributed by atoms with Gasteiger partial charge >= 0.3 is 0 Å². The van der Waals surface area contributed by atoms with E-state index < -0.39 is 23.5 Å². The molecule has 0 saturated heterocycles. The zero-order valence-electron chi connectivity index (χ0n) is 18.1. The maximum absolute atomic E-state index is 13.1. The lowest BCUT2D eigenvalue weighted by molar-refractivity contribution is -0.130. The highest BCUT2D eigenvalue weighted by Crippen LogP contribution is 2.41. The molecule has 2 heterocycles. The van der Waals surface area contributed by atoms with Crippen LogP contribution in [0.2, 0.25) is 0 Å². The van der Waals surface area contributed by atoms with Crippen molar-refractivity contribution < 1.29 is 33.3 Å². The van der Waals surface area contributed by atoms with Gasteiger partial charge in [0.1, 0.15) is 0 Å². The number of ketones is 1. The molecule has 1 N–H and O–H groups in total. The summed E-state index contributed by atoms with van der Waals surface area (Å²) in [7, 11) is 1.52. The largest absolute Gasteiger partial charge is 0.503 e. The van der Waals surface area contributed by atoms with Gasteiger partial charge in [-0.15, -0.1) is 0 Å². The molecule has 166 valence electrons. The lowest BCUT2D eigenvalue weighted by Crippen LogP contribution is -2.34. The highest BCUT2D eigenvalue weighted by molar-refractivity contribution is 6.15. The number of hydrogen-bond donors (Lipinski definition) is 1. The summed E-state index contributed by atoms with van der Waals surface area (Å²) in [5.74, 6) is -0.705. The number of Topliss-reactive ketones (excluding diaryl/α,β-unsaturated/α-hetero) is 1. The predicted octanol–water partition coefficient (Wildman–Crippen LogP) is 3.69. The quantitative estimate of drug-likeness (QED) is 0.575. The minimum atomic E-state index is -0.826. The van der Waals surface area contributed by atoms with Crippen LogP contribution in [0.4, 0.5) is 0 Å². The van der Waals surface area contributed by atoms with Crippen molar-refractivity contribution >= 4 is 11.7 Å². The normalized spacial score (nSPS) is 16.4. The summed E-state index contributed by atoms with van der Waals surface area (Å²) in [4.78, 5) is 27.3. The Labute approximate surface area is 181 Å². The number of nitrogens with zero attached hydrogens (tertiary/aromatic N) is 1. The van der Waals surface area contributed by atoms with Crippen LogP contribution in [0, 0.1) is 0 Å². The molecule has 1 atom stereocenters. The first-order valence-corrected chi connectivity index (χ1v) is 10.1. The average Bonchev–Trinajstić information content (AvgIpc) is 3.35. The molecule has 0 fully saturated rings. The minimum absolute atomic E-state index is 0.0396. The molecule has 0 saturated carbocycles. The Morgan fingerprint density at radius 3 is 2.65 bits per heavy atom. The maximum atomic E-state index is 13.1. The number of rotatable bonds is 10. The number of hydrogen-bond acceptors (Lipinski definition) is 7. The Kier molecular flexibility index (Phi) is 7.02. The predicted molar refractivity (Wildman–Crippen MR) is 112 cm³/mol. The molecule has 0 bridgehead atoms. The number of amides is 1. The fraction of sp³-hybridized carbons (Fsp3) is 0.391. The molecule has 1 aromatic carbocycles. The molecule has 8 nitrogen and oxygen atoms in total. The Hall–Kier alpha value is -3.26. The summed E-state index contributed by atoms with van der Waals surface area (Å²) in [6.07, 6.45) is 1.31. The number of aliphatic hydroxyl groups is 1. The molecule has 0 spiro atoms. The smallest absolute Gasteiger partial charge is 0.290 e. The molecule has 8 heteroatoms. The summed E-state index contributed by atoms with van der Waals surface area (Å²) in [5, 5.41) is 10.6. The van der Waals surface area contributed by atoms with Crippen molar-refractivity contribution in [2.45, 2.75) is 32.9 Å². The van der Waals surface area contributed by atoms with Crippen molar-refractivity contribution in [2.75, 3.05) is 26.9 Å². The Bertz CT molecular complexity index is 962. The van der Waals surface area contributed by atoms with Crippen molar-refractivity contribution in [3.63, 3.8) is 0 Å². The SMILES string of the molecule is CCOc1cc(C2C(C(=O)c3ccco3)=C(O)C(=O)N2CCOC)ccc1OC(C)C. The van der Waals surface area contributed by atoms with Gasteiger partial charge in [0.05, 0.1) is 37.2 Å². The second kappa shape index (κ2) is 9.70. The van der Waals surface area contributed by atoms with E-state index in [4.69, 9.17) is 18.6 Å². The summed E-state index contributed by atoms with van der Waals surface area (Å²) in [5.41, 5.74) is 0.555. The van der Waals surface area contributed by atoms with Gasteiger partial charge in [-0.25, -0.2) is 0 Å². The zero-order valence-corrected chi connectivity index (χ0v) is 18.1. The molecule has 0 radical (unpaired) electrons. The van der Waals surface area contributed by atoms with Crippen LogP contribution >= 0.6 is 0 Å². The number of carbonyl (C=O) groups excluding carboxylic acids is 2. The van der Waals surface area contributed by atoms with Crippen molar-refractivity contribution in [3.8, 4) is 11.5 Å². The average molecular weight is 429 g/mol. The third kappa shape index (κ3) is 4.59. The van der Waals surface area contributed by atoms with Gasteiger partial charge in [-0.3, -0.25) is 9.59 Å². The van der Waals surface area contributed by atoms with Crippen LogP contribution in [0.1, 0.15) is 42.9 Å². The molecule has 31 heavy (non-hydrogen) atoms. The van der Waals surface area contributed by atoms with Crippen molar-refractivity contribution in [1.29, 1.82) is 0 Å². The molecule has 1 unspecified atom stereocenters. The van der Waals surface area contributed by atoms with Crippen molar-refractivity contribution in [2.24, 2.45) is 0 Å². The molecular weight excluding hydrogens is 402 g/mol. The van der Waals surface area contributed by atoms with E-state index in [1.54, 1.807) is 24.3 Å². The van der Waals surface area contributed by atoms with E-state index in [1.165, 1.54) is 24.3 Å².